The average Bonchev–Trinajstić information content (AvgIpc) is 2.98. The van der Waals surface area contributed by atoms with Crippen molar-refractivity contribution >= 4 is 34.3 Å². The first-order chi connectivity index (χ1) is 19.5. The van der Waals surface area contributed by atoms with Gasteiger partial charge >= 0.3 is 0 Å². The zero-order valence-electron chi connectivity index (χ0n) is 22.2. The van der Waals surface area contributed by atoms with Gasteiger partial charge in [0.2, 0.25) is 5.95 Å². The molecule has 3 aromatic heterocycles. The fourth-order valence-corrected chi connectivity index (χ4v) is 5.23. The van der Waals surface area contributed by atoms with Crippen LogP contribution in [-0.4, -0.2) is 56.1 Å². The molecule has 4 heterocycles. The van der Waals surface area contributed by atoms with Gasteiger partial charge in [-0.25, -0.2) is 15.0 Å². The Bertz CT molecular complexity index is 1730. The van der Waals surface area contributed by atoms with Crippen molar-refractivity contribution in [2.45, 2.75) is 19.6 Å². The van der Waals surface area contributed by atoms with Crippen LogP contribution in [0.25, 0.3) is 33.4 Å². The third kappa shape index (κ3) is 5.19. The topological polar surface area (TPSA) is 98.1 Å². The molecule has 40 heavy (non-hydrogen) atoms. The Labute approximate surface area is 236 Å². The van der Waals surface area contributed by atoms with Gasteiger partial charge in [-0.05, 0) is 49.9 Å². The first-order valence-electron chi connectivity index (χ1n) is 13.1. The van der Waals surface area contributed by atoms with Crippen molar-refractivity contribution in [3.63, 3.8) is 0 Å². The maximum Gasteiger partial charge on any atom is 0.260 e. The Kier molecular flexibility index (Phi) is 7.25. The number of likely N-dealkylation sites (N-methyl/N-ethyl adjacent to an activating group) is 1. The summed E-state index contributed by atoms with van der Waals surface area (Å²) in [5.41, 5.74) is 5.10. The van der Waals surface area contributed by atoms with E-state index in [9.17, 15) is 4.79 Å². The first-order valence-corrected chi connectivity index (χ1v) is 13.5. The van der Waals surface area contributed by atoms with Gasteiger partial charge in [0.15, 0.2) is 0 Å². The summed E-state index contributed by atoms with van der Waals surface area (Å²) < 4.78 is 7.57. The molecule has 1 fully saturated rings. The maximum absolute atomic E-state index is 13.6. The van der Waals surface area contributed by atoms with Gasteiger partial charge in [-0.1, -0.05) is 35.9 Å². The number of aromatic nitrogens is 5. The van der Waals surface area contributed by atoms with Gasteiger partial charge in [0.25, 0.3) is 5.56 Å². The summed E-state index contributed by atoms with van der Waals surface area (Å²) in [6, 6.07) is 17.3. The van der Waals surface area contributed by atoms with Crippen LogP contribution in [0.1, 0.15) is 18.6 Å². The second-order valence-electron chi connectivity index (χ2n) is 9.74. The van der Waals surface area contributed by atoms with Gasteiger partial charge in [0.05, 0.1) is 18.4 Å². The third-order valence-corrected chi connectivity index (χ3v) is 7.40. The van der Waals surface area contributed by atoms with E-state index in [1.807, 2.05) is 43.3 Å². The number of hydrogen-bond acceptors (Lipinski definition) is 8. The van der Waals surface area contributed by atoms with Crippen molar-refractivity contribution in [3.05, 3.63) is 94.3 Å². The lowest BCUT2D eigenvalue weighted by Gasteiger charge is -2.30. The molecule has 0 amide bonds. The molecule has 1 atom stereocenters. The van der Waals surface area contributed by atoms with E-state index in [-0.39, 0.29) is 11.7 Å². The zero-order chi connectivity index (χ0) is 27.6. The van der Waals surface area contributed by atoms with Gasteiger partial charge < -0.3 is 15.0 Å². The first kappa shape index (κ1) is 26.1. The lowest BCUT2D eigenvalue weighted by molar-refractivity contribution is -0.0208. The van der Waals surface area contributed by atoms with Crippen LogP contribution < -0.4 is 10.9 Å². The van der Waals surface area contributed by atoms with Crippen molar-refractivity contribution < 1.29 is 4.74 Å². The molecule has 1 aliphatic rings. The van der Waals surface area contributed by atoms with Crippen molar-refractivity contribution in [1.29, 1.82) is 0 Å². The van der Waals surface area contributed by atoms with Crippen LogP contribution in [0.15, 0.2) is 78.1 Å². The van der Waals surface area contributed by atoms with Gasteiger partial charge in [-0.2, -0.15) is 4.98 Å². The molecule has 202 valence electrons. The summed E-state index contributed by atoms with van der Waals surface area (Å²) in [6.45, 7) is 4.91. The number of anilines is 2. The highest BCUT2D eigenvalue weighted by molar-refractivity contribution is 6.33. The molecule has 1 saturated heterocycles. The predicted octanol–water partition coefficient (Wildman–Crippen LogP) is 5.34. The molecule has 0 saturated carbocycles. The van der Waals surface area contributed by atoms with E-state index in [0.717, 1.165) is 47.6 Å². The number of hydrogen-bond donors (Lipinski definition) is 1. The number of nitrogens with one attached hydrogen (secondary N) is 1. The quantitative estimate of drug-likeness (QED) is 0.301. The Morgan fingerprint density at radius 1 is 1.07 bits per heavy atom. The number of ether oxygens (including phenoxy) is 1. The molecule has 0 bridgehead atoms. The summed E-state index contributed by atoms with van der Waals surface area (Å²) in [7, 11) is 2.10. The molecular weight excluding hydrogens is 526 g/mol. The zero-order valence-corrected chi connectivity index (χ0v) is 23.0. The molecule has 0 radical (unpaired) electrons. The Morgan fingerprint density at radius 2 is 1.93 bits per heavy atom. The molecule has 10 heteroatoms. The number of aryl methyl sites for hydroxylation is 1. The molecule has 1 unspecified atom stereocenters. The second kappa shape index (κ2) is 11.1. The van der Waals surface area contributed by atoms with E-state index >= 15 is 0 Å². The number of benzene rings is 2. The molecule has 0 spiro atoms. The van der Waals surface area contributed by atoms with Crippen LogP contribution in [0.3, 0.4) is 0 Å². The van der Waals surface area contributed by atoms with Crippen LogP contribution in [0.2, 0.25) is 5.02 Å². The minimum absolute atomic E-state index is 0.0647. The van der Waals surface area contributed by atoms with Crippen LogP contribution in [0.5, 0.6) is 0 Å². The molecule has 5 aromatic rings. The molecule has 9 nitrogen and oxygen atoms in total. The lowest BCUT2D eigenvalue weighted by Crippen LogP contribution is -2.35. The Hall–Kier alpha value is -4.18. The molecule has 1 aliphatic heterocycles. The van der Waals surface area contributed by atoms with Crippen LogP contribution in [0, 0.1) is 0 Å². The number of pyridine rings is 1. The van der Waals surface area contributed by atoms with E-state index in [0.29, 0.717) is 34.3 Å². The number of nitrogens with zero attached hydrogens (tertiary/aromatic N) is 6. The SMILES string of the molecule is CCn1c(=O)c(-c2ccc(-c3ccncn3)cc2Cl)cc2cnc(Nc3ccc(C4CN(C)CCO4)cc3)nc21. The lowest BCUT2D eigenvalue weighted by atomic mass is 10.0. The molecule has 1 N–H and O–H groups in total. The fourth-order valence-electron chi connectivity index (χ4n) is 4.95. The fraction of sp³-hybridized carbons (Fsp3) is 0.233. The van der Waals surface area contributed by atoms with Gasteiger partial charge in [0.1, 0.15) is 12.0 Å². The molecule has 0 aliphatic carbocycles. The second-order valence-corrected chi connectivity index (χ2v) is 10.1. The monoisotopic (exact) mass is 553 g/mol. The summed E-state index contributed by atoms with van der Waals surface area (Å²) in [5, 5.41) is 4.47. The highest BCUT2D eigenvalue weighted by Gasteiger charge is 2.20. The normalized spacial score (nSPS) is 15.8. The molecule has 2 aromatic carbocycles. The average molecular weight is 554 g/mol. The van der Waals surface area contributed by atoms with Crippen LogP contribution in [0.4, 0.5) is 11.6 Å². The Balaban J connectivity index is 1.29. The maximum atomic E-state index is 13.6. The number of morpholine rings is 1. The Morgan fingerprint density at radius 3 is 2.65 bits per heavy atom. The summed E-state index contributed by atoms with van der Waals surface area (Å²) in [4.78, 5) is 33.3. The van der Waals surface area contributed by atoms with E-state index < -0.39 is 0 Å². The standard InChI is InChI=1S/C30H28ClN7O2/c1-3-38-28-21(14-24(29(38)39)23-9-6-20(15-25(23)31)26-10-11-32-18-34-26)16-33-30(36-28)35-22-7-4-19(5-8-22)27-17-37(2)12-13-40-27/h4-11,14-16,18,27H,3,12-13,17H2,1-2H3,(H,33,35,36). The summed E-state index contributed by atoms with van der Waals surface area (Å²) >= 11 is 6.67. The highest BCUT2D eigenvalue weighted by Crippen LogP contribution is 2.31. The van der Waals surface area contributed by atoms with Gasteiger partial charge in [-0.15, -0.1) is 0 Å². The van der Waals surface area contributed by atoms with E-state index in [2.05, 4.69) is 44.3 Å². The summed E-state index contributed by atoms with van der Waals surface area (Å²) in [5.74, 6) is 0.412. The van der Waals surface area contributed by atoms with E-state index in [4.69, 9.17) is 21.3 Å². The van der Waals surface area contributed by atoms with Gasteiger partial charge in [-0.3, -0.25) is 9.36 Å². The van der Waals surface area contributed by atoms with Crippen molar-refractivity contribution in [1.82, 2.24) is 29.4 Å². The minimum Gasteiger partial charge on any atom is -0.371 e. The number of rotatable bonds is 6. The van der Waals surface area contributed by atoms with Gasteiger partial charge in [0, 0.05) is 64.8 Å². The summed E-state index contributed by atoms with van der Waals surface area (Å²) in [6.07, 6.45) is 4.96. The predicted molar refractivity (Wildman–Crippen MR) is 157 cm³/mol. The smallest absolute Gasteiger partial charge is 0.260 e. The van der Waals surface area contributed by atoms with Crippen molar-refractivity contribution in [3.8, 4) is 22.4 Å². The van der Waals surface area contributed by atoms with Crippen molar-refractivity contribution in [2.75, 3.05) is 32.1 Å². The highest BCUT2D eigenvalue weighted by atomic mass is 35.5. The number of halogens is 1. The third-order valence-electron chi connectivity index (χ3n) is 7.09. The van der Waals surface area contributed by atoms with Crippen molar-refractivity contribution in [2.24, 2.45) is 0 Å². The van der Waals surface area contributed by atoms with E-state index in [1.165, 1.54) is 6.33 Å². The van der Waals surface area contributed by atoms with E-state index in [1.54, 1.807) is 23.0 Å². The molecular formula is C30H28ClN7O2. The molecule has 6 rings (SSSR count). The largest absolute Gasteiger partial charge is 0.371 e. The van der Waals surface area contributed by atoms with Crippen LogP contribution in [-0.2, 0) is 11.3 Å². The number of fused-ring (bicyclic) bond motifs is 1. The minimum atomic E-state index is -0.168. The van der Waals surface area contributed by atoms with Crippen LogP contribution >= 0.6 is 11.6 Å².